The number of nitrogens with one attached hydrogen (secondary N) is 1. The van der Waals surface area contributed by atoms with Gasteiger partial charge in [-0.15, -0.1) is 27.1 Å². The lowest BCUT2D eigenvalue weighted by molar-refractivity contribution is 0.0937. The Morgan fingerprint density at radius 1 is 1.31 bits per heavy atom. The van der Waals surface area contributed by atoms with Crippen LogP contribution >= 0.6 is 11.8 Å². The number of fused-ring (bicyclic) bond motifs is 1. The predicted molar refractivity (Wildman–Crippen MR) is 102 cm³/mol. The number of aromatic nitrogens is 4. The van der Waals surface area contributed by atoms with Crippen LogP contribution in [0, 0.1) is 0 Å². The molecule has 3 aromatic rings. The van der Waals surface area contributed by atoms with Crippen LogP contribution in [0.3, 0.4) is 0 Å². The fraction of sp³-hybridized carbons (Fsp3) is 0.333. The summed E-state index contributed by atoms with van der Waals surface area (Å²) in [6, 6.07) is 11.7. The summed E-state index contributed by atoms with van der Waals surface area (Å²) in [5.74, 6) is 1.81. The fourth-order valence-electron chi connectivity index (χ4n) is 3.17. The molecule has 0 unspecified atom stereocenters. The number of anilines is 1. The molecule has 2 aromatic heterocycles. The van der Waals surface area contributed by atoms with E-state index in [4.69, 9.17) is 0 Å². The minimum absolute atomic E-state index is 0.00405. The Morgan fingerprint density at radius 3 is 3.08 bits per heavy atom. The highest BCUT2D eigenvalue weighted by atomic mass is 32.2. The summed E-state index contributed by atoms with van der Waals surface area (Å²) in [6.45, 7) is 3.69. The van der Waals surface area contributed by atoms with E-state index in [-0.39, 0.29) is 11.9 Å². The Balaban J connectivity index is 1.43. The second kappa shape index (κ2) is 7.33. The van der Waals surface area contributed by atoms with E-state index >= 15 is 0 Å². The molecule has 0 radical (unpaired) electrons. The fourth-order valence-corrected chi connectivity index (χ4v) is 3.97. The number of amides is 1. The second-order valence-electron chi connectivity index (χ2n) is 6.16. The van der Waals surface area contributed by atoms with Gasteiger partial charge in [-0.1, -0.05) is 19.1 Å². The molecule has 7 nitrogen and oxygen atoms in total. The molecule has 1 fully saturated rings. The lowest BCUT2D eigenvalue weighted by atomic mass is 10.2. The van der Waals surface area contributed by atoms with E-state index in [1.165, 1.54) is 0 Å². The summed E-state index contributed by atoms with van der Waals surface area (Å²) >= 11 is 1.69. The summed E-state index contributed by atoms with van der Waals surface area (Å²) in [5, 5.41) is 15.5. The van der Waals surface area contributed by atoms with Crippen molar-refractivity contribution >= 4 is 29.1 Å². The van der Waals surface area contributed by atoms with Crippen molar-refractivity contribution in [1.82, 2.24) is 25.1 Å². The molecule has 0 aliphatic carbocycles. The van der Waals surface area contributed by atoms with Gasteiger partial charge in [-0.3, -0.25) is 4.79 Å². The average Bonchev–Trinajstić information content (AvgIpc) is 3.31. The van der Waals surface area contributed by atoms with Crippen molar-refractivity contribution in [2.45, 2.75) is 24.3 Å². The molecule has 1 amide bonds. The van der Waals surface area contributed by atoms with Crippen LogP contribution in [0.4, 0.5) is 5.82 Å². The number of hydrogen-bond acceptors (Lipinski definition) is 6. The lowest BCUT2D eigenvalue weighted by Gasteiger charge is -2.18. The van der Waals surface area contributed by atoms with Crippen molar-refractivity contribution in [2.24, 2.45) is 0 Å². The summed E-state index contributed by atoms with van der Waals surface area (Å²) in [6.07, 6.45) is 2.49. The summed E-state index contributed by atoms with van der Waals surface area (Å²) in [4.78, 5) is 15.9. The monoisotopic (exact) mass is 368 g/mol. The Labute approximate surface area is 155 Å². The molecule has 0 spiro atoms. The number of nitrogens with zero attached hydrogens (tertiary/aromatic N) is 5. The van der Waals surface area contributed by atoms with Gasteiger partial charge in [0.25, 0.3) is 5.91 Å². The second-order valence-corrected chi connectivity index (χ2v) is 7.47. The molecule has 1 aromatic carbocycles. The third kappa shape index (κ3) is 3.37. The molecule has 4 rings (SSSR count). The molecule has 3 heterocycles. The van der Waals surface area contributed by atoms with E-state index < -0.39 is 0 Å². The number of hydrogen-bond donors (Lipinski definition) is 1. The van der Waals surface area contributed by atoms with Crippen molar-refractivity contribution in [3.05, 3.63) is 48.3 Å². The molecule has 1 N–H and O–H groups in total. The van der Waals surface area contributed by atoms with Gasteiger partial charge >= 0.3 is 0 Å². The molecule has 1 saturated heterocycles. The van der Waals surface area contributed by atoms with E-state index in [9.17, 15) is 4.79 Å². The maximum absolute atomic E-state index is 12.7. The molecule has 1 aliphatic rings. The van der Waals surface area contributed by atoms with Gasteiger partial charge in [0.05, 0.1) is 5.56 Å². The van der Waals surface area contributed by atoms with Crippen LogP contribution in [-0.4, -0.2) is 50.6 Å². The van der Waals surface area contributed by atoms with Crippen LogP contribution in [0.1, 0.15) is 23.7 Å². The van der Waals surface area contributed by atoms with E-state index in [2.05, 4.69) is 32.4 Å². The minimum Gasteiger partial charge on any atom is -0.353 e. The quantitative estimate of drug-likeness (QED) is 0.696. The predicted octanol–water partition coefficient (Wildman–Crippen LogP) is 2.25. The SMILES string of the molecule is CCSc1ccccc1C(=O)N[C@H]1CCN(c2ccc3nncn3n2)C1. The molecular weight excluding hydrogens is 348 g/mol. The maximum atomic E-state index is 12.7. The van der Waals surface area contributed by atoms with Gasteiger partial charge < -0.3 is 10.2 Å². The molecule has 8 heteroatoms. The zero-order valence-corrected chi connectivity index (χ0v) is 15.3. The normalized spacial score (nSPS) is 17.0. The molecule has 1 atom stereocenters. The van der Waals surface area contributed by atoms with Gasteiger partial charge in [-0.2, -0.15) is 4.52 Å². The van der Waals surface area contributed by atoms with Gasteiger partial charge in [0.1, 0.15) is 12.1 Å². The zero-order valence-electron chi connectivity index (χ0n) is 14.5. The van der Waals surface area contributed by atoms with E-state index in [1.807, 2.05) is 36.4 Å². The van der Waals surface area contributed by atoms with Crippen molar-refractivity contribution < 1.29 is 4.79 Å². The topological polar surface area (TPSA) is 75.4 Å². The number of benzene rings is 1. The van der Waals surface area contributed by atoms with Crippen LogP contribution in [0.15, 0.2) is 47.6 Å². The Kier molecular flexibility index (Phi) is 4.75. The first-order chi connectivity index (χ1) is 12.7. The summed E-state index contributed by atoms with van der Waals surface area (Å²) in [5.41, 5.74) is 1.48. The maximum Gasteiger partial charge on any atom is 0.252 e. The van der Waals surface area contributed by atoms with E-state index in [0.717, 1.165) is 47.2 Å². The lowest BCUT2D eigenvalue weighted by Crippen LogP contribution is -2.37. The number of rotatable bonds is 5. The standard InChI is InChI=1S/C18H20N6OS/c1-2-26-15-6-4-3-5-14(15)18(25)20-13-9-10-23(11-13)17-8-7-16-21-19-12-24(16)22-17/h3-8,12-13H,2,9-11H2,1H3,(H,20,25)/t13-/m0/s1. The molecular formula is C18H20N6OS. The Hall–Kier alpha value is -2.61. The van der Waals surface area contributed by atoms with E-state index in [1.54, 1.807) is 22.6 Å². The molecule has 1 aliphatic heterocycles. The zero-order chi connectivity index (χ0) is 17.9. The highest BCUT2D eigenvalue weighted by Crippen LogP contribution is 2.23. The number of thioether (sulfide) groups is 1. The third-order valence-corrected chi connectivity index (χ3v) is 5.38. The van der Waals surface area contributed by atoms with Gasteiger partial charge in [-0.05, 0) is 36.4 Å². The molecule has 0 saturated carbocycles. The van der Waals surface area contributed by atoms with Crippen LogP contribution in [-0.2, 0) is 0 Å². The first kappa shape index (κ1) is 16.8. The van der Waals surface area contributed by atoms with Crippen molar-refractivity contribution in [3.8, 4) is 0 Å². The highest BCUT2D eigenvalue weighted by molar-refractivity contribution is 7.99. The molecule has 26 heavy (non-hydrogen) atoms. The third-order valence-electron chi connectivity index (χ3n) is 4.43. The van der Waals surface area contributed by atoms with Crippen molar-refractivity contribution in [3.63, 3.8) is 0 Å². The smallest absolute Gasteiger partial charge is 0.252 e. The first-order valence-electron chi connectivity index (χ1n) is 8.69. The minimum atomic E-state index is -0.00405. The van der Waals surface area contributed by atoms with E-state index in [0.29, 0.717) is 0 Å². The summed E-state index contributed by atoms with van der Waals surface area (Å²) < 4.78 is 1.67. The highest BCUT2D eigenvalue weighted by Gasteiger charge is 2.26. The van der Waals surface area contributed by atoms with Crippen LogP contribution in [0.5, 0.6) is 0 Å². The first-order valence-corrected chi connectivity index (χ1v) is 9.68. The van der Waals surface area contributed by atoms with Gasteiger partial charge in [0.15, 0.2) is 5.65 Å². The van der Waals surface area contributed by atoms with Crippen LogP contribution in [0.25, 0.3) is 5.65 Å². The van der Waals surface area contributed by atoms with Gasteiger partial charge in [0.2, 0.25) is 0 Å². The summed E-state index contributed by atoms with van der Waals surface area (Å²) in [7, 11) is 0. The van der Waals surface area contributed by atoms with Crippen LogP contribution in [0.2, 0.25) is 0 Å². The van der Waals surface area contributed by atoms with Crippen LogP contribution < -0.4 is 10.2 Å². The Bertz CT molecular complexity index is 927. The molecule has 134 valence electrons. The molecule has 0 bridgehead atoms. The van der Waals surface area contributed by atoms with Gasteiger partial charge in [-0.25, -0.2) is 0 Å². The number of carbonyl (C=O) groups excluding carboxylic acids is 1. The van der Waals surface area contributed by atoms with Crippen molar-refractivity contribution in [1.29, 1.82) is 0 Å². The average molecular weight is 368 g/mol. The largest absolute Gasteiger partial charge is 0.353 e. The Morgan fingerprint density at radius 2 is 2.19 bits per heavy atom. The van der Waals surface area contributed by atoms with Crippen molar-refractivity contribution in [2.75, 3.05) is 23.7 Å². The van der Waals surface area contributed by atoms with Gasteiger partial charge in [0, 0.05) is 24.0 Å². The number of carbonyl (C=O) groups is 1.